The molecule has 2 aromatic heterocycles. The normalized spacial score (nSPS) is 11.8. The maximum Gasteiger partial charge on any atom is 0.283 e. The lowest BCUT2D eigenvalue weighted by atomic mass is 10.0. The lowest BCUT2D eigenvalue weighted by Crippen LogP contribution is -2.19. The van der Waals surface area contributed by atoms with Crippen LogP contribution in [-0.2, 0) is 6.54 Å². The molecule has 0 aliphatic carbocycles. The fourth-order valence-electron chi connectivity index (χ4n) is 3.71. The number of hydrogen-bond acceptors (Lipinski definition) is 5. The fourth-order valence-corrected chi connectivity index (χ4v) is 4.63. The van der Waals surface area contributed by atoms with Gasteiger partial charge in [0, 0.05) is 11.3 Å². The van der Waals surface area contributed by atoms with Crippen LogP contribution in [0.2, 0.25) is 0 Å². The molecule has 170 valence electrons. The Kier molecular flexibility index (Phi) is 5.81. The third kappa shape index (κ3) is 4.15. The van der Waals surface area contributed by atoms with Crippen molar-refractivity contribution in [1.29, 1.82) is 0 Å². The molecule has 0 saturated carbocycles. The summed E-state index contributed by atoms with van der Waals surface area (Å²) < 4.78 is 21.0. The van der Waals surface area contributed by atoms with E-state index in [-0.39, 0.29) is 11.4 Å². The van der Waals surface area contributed by atoms with Gasteiger partial charge in [0.1, 0.15) is 11.6 Å². The number of para-hydroxylation sites is 1. The van der Waals surface area contributed by atoms with Crippen LogP contribution < -0.4 is 10.3 Å². The number of thiazole rings is 1. The van der Waals surface area contributed by atoms with Crippen molar-refractivity contribution in [1.82, 2.24) is 14.8 Å². The van der Waals surface area contributed by atoms with Crippen LogP contribution in [0.1, 0.15) is 18.1 Å². The van der Waals surface area contributed by atoms with Crippen molar-refractivity contribution in [2.75, 3.05) is 7.11 Å². The molecule has 0 spiro atoms. The Bertz CT molecular complexity index is 1510. The highest BCUT2D eigenvalue weighted by Crippen LogP contribution is 2.27. The summed E-state index contributed by atoms with van der Waals surface area (Å²) in [5.41, 5.74) is 3.97. The first-order chi connectivity index (χ1) is 16.5. The molecule has 0 saturated heterocycles. The summed E-state index contributed by atoms with van der Waals surface area (Å²) in [5.74, 6) is 0.426. The predicted molar refractivity (Wildman–Crippen MR) is 134 cm³/mol. The highest BCUT2D eigenvalue weighted by molar-refractivity contribution is 7.20. The monoisotopic (exact) mass is 472 g/mol. The molecule has 0 fully saturated rings. The Morgan fingerprint density at radius 3 is 2.53 bits per heavy atom. The van der Waals surface area contributed by atoms with E-state index in [2.05, 4.69) is 15.1 Å². The number of aliphatic imine (C=N–C) groups is 1. The second kappa shape index (κ2) is 9.07. The number of fused-ring (bicyclic) bond motifs is 1. The fraction of sp³-hybridized carbons (Fsp3) is 0.115. The average Bonchev–Trinajstić information content (AvgIpc) is 3.44. The summed E-state index contributed by atoms with van der Waals surface area (Å²) in [5, 5.41) is 3.80. The first kappa shape index (κ1) is 21.8. The number of nitrogens with zero attached hydrogens (tertiary/aromatic N) is 3. The highest BCUT2D eigenvalue weighted by Gasteiger charge is 2.21. The summed E-state index contributed by atoms with van der Waals surface area (Å²) in [6.45, 7) is 2.14. The van der Waals surface area contributed by atoms with Crippen molar-refractivity contribution >= 4 is 27.3 Å². The summed E-state index contributed by atoms with van der Waals surface area (Å²) in [6, 6.07) is 21.4. The predicted octanol–water partition coefficient (Wildman–Crippen LogP) is 5.60. The van der Waals surface area contributed by atoms with Gasteiger partial charge in [0.15, 0.2) is 0 Å². The standard InChI is InChI=1S/C26H21FN4O2S/c1-16(28-15-17-7-11-19(27)12-8-17)23-24(18-9-13-20(33-2)14-10-18)30-31(25(23)32)26-29-21-5-3-4-6-22(21)34-26/h3-14,30H,15H2,1-2H3. The Balaban J connectivity index is 1.62. The molecule has 5 rings (SSSR count). The van der Waals surface area contributed by atoms with Crippen molar-refractivity contribution in [3.05, 3.63) is 100 Å². The Morgan fingerprint density at radius 2 is 1.82 bits per heavy atom. The molecule has 0 aliphatic heterocycles. The van der Waals surface area contributed by atoms with Gasteiger partial charge in [0.05, 0.1) is 35.1 Å². The molecule has 0 atom stereocenters. The molecule has 2 heterocycles. The van der Waals surface area contributed by atoms with Gasteiger partial charge in [-0.25, -0.2) is 9.37 Å². The smallest absolute Gasteiger partial charge is 0.283 e. The number of nitrogens with one attached hydrogen (secondary N) is 1. The maximum absolute atomic E-state index is 13.6. The number of benzene rings is 3. The van der Waals surface area contributed by atoms with Gasteiger partial charge < -0.3 is 4.74 Å². The minimum absolute atomic E-state index is 0.231. The van der Waals surface area contributed by atoms with E-state index in [9.17, 15) is 9.18 Å². The van der Waals surface area contributed by atoms with Gasteiger partial charge in [-0.3, -0.25) is 14.9 Å². The van der Waals surface area contributed by atoms with Crippen molar-refractivity contribution in [3.63, 3.8) is 0 Å². The van der Waals surface area contributed by atoms with Gasteiger partial charge in [-0.1, -0.05) is 35.6 Å². The third-order valence-corrected chi connectivity index (χ3v) is 6.54. The van der Waals surface area contributed by atoms with Crippen LogP contribution >= 0.6 is 11.3 Å². The van der Waals surface area contributed by atoms with E-state index in [4.69, 9.17) is 4.74 Å². The minimum atomic E-state index is -0.296. The summed E-state index contributed by atoms with van der Waals surface area (Å²) in [4.78, 5) is 22.9. The maximum atomic E-state index is 13.6. The van der Waals surface area contributed by atoms with Crippen molar-refractivity contribution in [3.8, 4) is 22.1 Å². The van der Waals surface area contributed by atoms with Crippen molar-refractivity contribution in [2.24, 2.45) is 4.99 Å². The number of rotatable bonds is 6. The van der Waals surface area contributed by atoms with E-state index in [0.717, 1.165) is 27.1 Å². The third-order valence-electron chi connectivity index (χ3n) is 5.52. The van der Waals surface area contributed by atoms with E-state index in [1.54, 1.807) is 19.2 Å². The van der Waals surface area contributed by atoms with Gasteiger partial charge >= 0.3 is 0 Å². The van der Waals surface area contributed by atoms with E-state index in [1.807, 2.05) is 55.5 Å². The molecule has 0 bridgehead atoms. The SMILES string of the molecule is COc1ccc(-c2[nH]n(-c3nc4ccccc4s3)c(=O)c2C(C)=NCc2ccc(F)cc2)cc1. The summed E-state index contributed by atoms with van der Waals surface area (Å²) >= 11 is 1.44. The van der Waals surface area contributed by atoms with Gasteiger partial charge in [-0.05, 0) is 61.0 Å². The van der Waals surface area contributed by atoms with Crippen LogP contribution in [0.25, 0.3) is 26.6 Å². The van der Waals surface area contributed by atoms with E-state index in [1.165, 1.54) is 28.2 Å². The Morgan fingerprint density at radius 1 is 1.09 bits per heavy atom. The van der Waals surface area contributed by atoms with Gasteiger partial charge in [0.25, 0.3) is 5.56 Å². The second-order valence-corrected chi connectivity index (χ2v) is 8.73. The molecule has 6 nitrogen and oxygen atoms in total. The number of H-pyrrole nitrogens is 1. The first-order valence-corrected chi connectivity index (χ1v) is 11.5. The molecule has 5 aromatic rings. The molecule has 0 radical (unpaired) electrons. The number of aromatic nitrogens is 3. The van der Waals surface area contributed by atoms with Crippen LogP contribution in [0.4, 0.5) is 4.39 Å². The molecule has 8 heteroatoms. The molecular formula is C26H21FN4O2S. The molecule has 0 unspecified atom stereocenters. The van der Waals surface area contributed by atoms with Crippen LogP contribution in [-0.4, -0.2) is 27.6 Å². The van der Waals surface area contributed by atoms with Gasteiger partial charge in [0.2, 0.25) is 5.13 Å². The lowest BCUT2D eigenvalue weighted by molar-refractivity contribution is 0.415. The summed E-state index contributed by atoms with van der Waals surface area (Å²) in [7, 11) is 1.61. The Labute approximate surface area is 199 Å². The molecule has 3 aromatic carbocycles. The minimum Gasteiger partial charge on any atom is -0.497 e. The lowest BCUT2D eigenvalue weighted by Gasteiger charge is -2.05. The van der Waals surface area contributed by atoms with Crippen molar-refractivity contribution in [2.45, 2.75) is 13.5 Å². The van der Waals surface area contributed by atoms with Gasteiger partial charge in [-0.2, -0.15) is 4.68 Å². The highest BCUT2D eigenvalue weighted by atomic mass is 32.1. The molecule has 34 heavy (non-hydrogen) atoms. The first-order valence-electron chi connectivity index (χ1n) is 10.6. The van der Waals surface area contributed by atoms with E-state index < -0.39 is 0 Å². The van der Waals surface area contributed by atoms with E-state index in [0.29, 0.717) is 28.6 Å². The topological polar surface area (TPSA) is 72.3 Å². The number of aromatic amines is 1. The summed E-state index contributed by atoms with van der Waals surface area (Å²) in [6.07, 6.45) is 0. The van der Waals surface area contributed by atoms with Gasteiger partial charge in [-0.15, -0.1) is 0 Å². The number of methoxy groups -OCH3 is 1. The molecule has 0 aliphatic rings. The average molecular weight is 473 g/mol. The van der Waals surface area contributed by atoms with Crippen LogP contribution in [0.15, 0.2) is 82.6 Å². The molecular weight excluding hydrogens is 451 g/mol. The van der Waals surface area contributed by atoms with Crippen LogP contribution in [0.5, 0.6) is 5.75 Å². The van der Waals surface area contributed by atoms with Crippen molar-refractivity contribution < 1.29 is 9.13 Å². The largest absolute Gasteiger partial charge is 0.497 e. The quantitative estimate of drug-likeness (QED) is 0.327. The molecule has 0 amide bonds. The van der Waals surface area contributed by atoms with Crippen LogP contribution in [0, 0.1) is 5.82 Å². The Hall–Kier alpha value is -4.04. The second-order valence-electron chi connectivity index (χ2n) is 7.72. The number of hydrogen-bond donors (Lipinski definition) is 1. The van der Waals surface area contributed by atoms with Crippen LogP contribution in [0.3, 0.4) is 0 Å². The zero-order chi connectivity index (χ0) is 23.7. The van der Waals surface area contributed by atoms with E-state index >= 15 is 0 Å². The number of halogens is 1. The zero-order valence-electron chi connectivity index (χ0n) is 18.6. The molecule has 1 N–H and O–H groups in total. The zero-order valence-corrected chi connectivity index (χ0v) is 19.4. The number of ether oxygens (including phenoxy) is 1.